The van der Waals surface area contributed by atoms with Crippen molar-refractivity contribution in [3.05, 3.63) is 34.6 Å². The van der Waals surface area contributed by atoms with Crippen LogP contribution in [0, 0.1) is 5.82 Å². The second-order valence-electron chi connectivity index (χ2n) is 4.10. The van der Waals surface area contributed by atoms with Crippen molar-refractivity contribution in [3.63, 3.8) is 0 Å². The first-order valence-electron chi connectivity index (χ1n) is 5.55. The van der Waals surface area contributed by atoms with E-state index in [0.29, 0.717) is 26.2 Å². The molecule has 1 aliphatic rings. The molecular formula is C12H15ClFNO2. The van der Waals surface area contributed by atoms with Gasteiger partial charge in [-0.3, -0.25) is 0 Å². The van der Waals surface area contributed by atoms with Crippen molar-refractivity contribution in [3.8, 4) is 0 Å². The molecule has 2 N–H and O–H groups in total. The number of halogens is 2. The predicted molar refractivity (Wildman–Crippen MR) is 63.6 cm³/mol. The van der Waals surface area contributed by atoms with E-state index in [2.05, 4.69) is 0 Å². The minimum absolute atomic E-state index is 0.104. The molecule has 94 valence electrons. The van der Waals surface area contributed by atoms with Crippen molar-refractivity contribution in [2.24, 2.45) is 5.73 Å². The molecule has 1 aromatic carbocycles. The largest absolute Gasteiger partial charge is 0.376 e. The summed E-state index contributed by atoms with van der Waals surface area (Å²) < 4.78 is 23.8. The summed E-state index contributed by atoms with van der Waals surface area (Å²) in [6.07, 6.45) is 0.487. The average molecular weight is 260 g/mol. The monoisotopic (exact) mass is 259 g/mol. The van der Waals surface area contributed by atoms with Gasteiger partial charge in [-0.1, -0.05) is 17.7 Å². The lowest BCUT2D eigenvalue weighted by Crippen LogP contribution is -2.44. The van der Waals surface area contributed by atoms with E-state index in [-0.39, 0.29) is 17.2 Å². The number of nitrogens with two attached hydrogens (primary N) is 1. The summed E-state index contributed by atoms with van der Waals surface area (Å²) in [5.41, 5.74) is 6.93. The fourth-order valence-corrected chi connectivity index (χ4v) is 2.03. The second-order valence-corrected chi connectivity index (χ2v) is 4.51. The number of benzene rings is 1. The number of ether oxygens (including phenoxy) is 2. The van der Waals surface area contributed by atoms with Crippen LogP contribution in [0.5, 0.6) is 0 Å². The fraction of sp³-hybridized carbons (Fsp3) is 0.500. The molecule has 0 radical (unpaired) electrons. The minimum Gasteiger partial charge on any atom is -0.376 e. The van der Waals surface area contributed by atoms with Crippen LogP contribution in [0.2, 0.25) is 5.02 Å². The van der Waals surface area contributed by atoms with Crippen molar-refractivity contribution in [1.29, 1.82) is 0 Å². The molecule has 2 rings (SSSR count). The maximum absolute atomic E-state index is 13.0. The SMILES string of the molecule is NC(Cc1ccc(F)c(Cl)c1)C1COCCO1. The molecule has 1 heterocycles. The first kappa shape index (κ1) is 12.8. The zero-order valence-corrected chi connectivity index (χ0v) is 10.1. The predicted octanol–water partition coefficient (Wildman–Crippen LogP) is 1.76. The first-order chi connectivity index (χ1) is 8.16. The van der Waals surface area contributed by atoms with E-state index in [9.17, 15) is 4.39 Å². The standard InChI is InChI=1S/C12H15ClFNO2/c13-9-5-8(1-2-10(9)14)6-11(15)12-7-16-3-4-17-12/h1-2,5,11-12H,3-4,6-7,15H2. The summed E-state index contributed by atoms with van der Waals surface area (Å²) in [5.74, 6) is -0.416. The van der Waals surface area contributed by atoms with Crippen molar-refractivity contribution in [2.75, 3.05) is 19.8 Å². The van der Waals surface area contributed by atoms with Crippen molar-refractivity contribution in [2.45, 2.75) is 18.6 Å². The lowest BCUT2D eigenvalue weighted by atomic mass is 10.0. The Morgan fingerprint density at radius 3 is 2.94 bits per heavy atom. The van der Waals surface area contributed by atoms with Gasteiger partial charge in [0.05, 0.1) is 30.9 Å². The van der Waals surface area contributed by atoms with E-state index in [1.54, 1.807) is 12.1 Å². The fourth-order valence-electron chi connectivity index (χ4n) is 1.82. The molecule has 0 aromatic heterocycles. The molecule has 0 aliphatic carbocycles. The van der Waals surface area contributed by atoms with Crippen LogP contribution in [0.4, 0.5) is 4.39 Å². The van der Waals surface area contributed by atoms with Crippen LogP contribution in [-0.2, 0) is 15.9 Å². The summed E-state index contributed by atoms with van der Waals surface area (Å²) >= 11 is 5.71. The summed E-state index contributed by atoms with van der Waals surface area (Å²) in [6, 6.07) is 4.46. The Kier molecular flexibility index (Phi) is 4.34. The lowest BCUT2D eigenvalue weighted by Gasteiger charge is -2.28. The average Bonchev–Trinajstić information content (AvgIpc) is 2.35. The highest BCUT2D eigenvalue weighted by molar-refractivity contribution is 6.30. The van der Waals surface area contributed by atoms with Gasteiger partial charge in [0.1, 0.15) is 5.82 Å². The van der Waals surface area contributed by atoms with Gasteiger partial charge >= 0.3 is 0 Å². The van der Waals surface area contributed by atoms with Gasteiger partial charge < -0.3 is 15.2 Å². The first-order valence-corrected chi connectivity index (χ1v) is 5.93. The molecule has 0 spiro atoms. The third-order valence-electron chi connectivity index (χ3n) is 2.77. The molecular weight excluding hydrogens is 245 g/mol. The lowest BCUT2D eigenvalue weighted by molar-refractivity contribution is -0.0967. The van der Waals surface area contributed by atoms with Gasteiger partial charge in [0.15, 0.2) is 0 Å². The van der Waals surface area contributed by atoms with Crippen LogP contribution in [0.25, 0.3) is 0 Å². The highest BCUT2D eigenvalue weighted by atomic mass is 35.5. The number of hydrogen-bond donors (Lipinski definition) is 1. The van der Waals surface area contributed by atoms with Gasteiger partial charge in [-0.15, -0.1) is 0 Å². The molecule has 1 aliphatic heterocycles. The van der Waals surface area contributed by atoms with Crippen LogP contribution >= 0.6 is 11.6 Å². The van der Waals surface area contributed by atoms with Crippen LogP contribution in [0.1, 0.15) is 5.56 Å². The molecule has 0 saturated carbocycles. The summed E-state index contributed by atoms with van der Waals surface area (Å²) in [4.78, 5) is 0. The Morgan fingerprint density at radius 1 is 1.47 bits per heavy atom. The van der Waals surface area contributed by atoms with Crippen molar-refractivity contribution < 1.29 is 13.9 Å². The van der Waals surface area contributed by atoms with Gasteiger partial charge in [0, 0.05) is 6.04 Å². The zero-order chi connectivity index (χ0) is 12.3. The topological polar surface area (TPSA) is 44.5 Å². The van der Waals surface area contributed by atoms with Gasteiger partial charge in [-0.2, -0.15) is 0 Å². The summed E-state index contributed by atoms with van der Waals surface area (Å²) in [5, 5.41) is 0.121. The molecule has 2 unspecified atom stereocenters. The van der Waals surface area contributed by atoms with Crippen LogP contribution in [-0.4, -0.2) is 32.0 Å². The van der Waals surface area contributed by atoms with Gasteiger partial charge in [0.25, 0.3) is 0 Å². The second kappa shape index (κ2) is 5.78. The summed E-state index contributed by atoms with van der Waals surface area (Å²) in [7, 11) is 0. The molecule has 2 atom stereocenters. The maximum atomic E-state index is 13.0. The van der Waals surface area contributed by atoms with Crippen molar-refractivity contribution >= 4 is 11.6 Å². The third kappa shape index (κ3) is 3.39. The van der Waals surface area contributed by atoms with Gasteiger partial charge in [-0.05, 0) is 24.1 Å². The summed E-state index contributed by atoms with van der Waals surface area (Å²) in [6.45, 7) is 1.70. The van der Waals surface area contributed by atoms with E-state index >= 15 is 0 Å². The van der Waals surface area contributed by atoms with E-state index in [4.69, 9.17) is 26.8 Å². The highest BCUT2D eigenvalue weighted by Gasteiger charge is 2.22. The normalized spacial score (nSPS) is 22.4. The third-order valence-corrected chi connectivity index (χ3v) is 3.06. The smallest absolute Gasteiger partial charge is 0.141 e. The van der Waals surface area contributed by atoms with E-state index in [0.717, 1.165) is 5.56 Å². The molecule has 0 amide bonds. The Bertz CT molecular complexity index is 383. The quantitative estimate of drug-likeness (QED) is 0.900. The Morgan fingerprint density at radius 2 is 2.29 bits per heavy atom. The Labute approximate surface area is 105 Å². The van der Waals surface area contributed by atoms with Crippen molar-refractivity contribution in [1.82, 2.24) is 0 Å². The van der Waals surface area contributed by atoms with Crippen LogP contribution in [0.3, 0.4) is 0 Å². The van der Waals surface area contributed by atoms with E-state index in [1.807, 2.05) is 0 Å². The van der Waals surface area contributed by atoms with Crippen LogP contribution in [0.15, 0.2) is 18.2 Å². The number of rotatable bonds is 3. The minimum atomic E-state index is -0.416. The molecule has 1 fully saturated rings. The maximum Gasteiger partial charge on any atom is 0.141 e. The zero-order valence-electron chi connectivity index (χ0n) is 9.36. The molecule has 1 saturated heterocycles. The highest BCUT2D eigenvalue weighted by Crippen LogP contribution is 2.18. The molecule has 3 nitrogen and oxygen atoms in total. The van der Waals surface area contributed by atoms with E-state index in [1.165, 1.54) is 6.07 Å². The van der Waals surface area contributed by atoms with Gasteiger partial charge in [-0.25, -0.2) is 4.39 Å². The molecule has 5 heteroatoms. The van der Waals surface area contributed by atoms with E-state index < -0.39 is 5.82 Å². The van der Waals surface area contributed by atoms with Gasteiger partial charge in [0.2, 0.25) is 0 Å². The number of hydrogen-bond acceptors (Lipinski definition) is 3. The van der Waals surface area contributed by atoms with Crippen LogP contribution < -0.4 is 5.73 Å². The Hall–Kier alpha value is -0.680. The molecule has 0 bridgehead atoms. The molecule has 1 aromatic rings. The Balaban J connectivity index is 1.96. The molecule has 17 heavy (non-hydrogen) atoms.